The molecular weight excluding hydrogens is 416 g/mol. The SMILES string of the molecule is CCOc1cc(/C=C(\C#N)C(=O)N2CCCC2)cc(Br)c1OCC(=O)OC. The maximum atomic E-state index is 12.5. The van der Waals surface area contributed by atoms with E-state index in [9.17, 15) is 14.9 Å². The molecular formula is C19H21BrN2O5. The maximum absolute atomic E-state index is 12.5. The fourth-order valence-corrected chi connectivity index (χ4v) is 3.24. The molecule has 27 heavy (non-hydrogen) atoms. The van der Waals surface area contributed by atoms with Crippen molar-refractivity contribution >= 4 is 33.9 Å². The van der Waals surface area contributed by atoms with Gasteiger partial charge < -0.3 is 19.1 Å². The molecule has 0 spiro atoms. The second kappa shape index (κ2) is 9.97. The second-order valence-electron chi connectivity index (χ2n) is 5.80. The fourth-order valence-electron chi connectivity index (χ4n) is 2.66. The average Bonchev–Trinajstić information content (AvgIpc) is 3.19. The third kappa shape index (κ3) is 5.47. The summed E-state index contributed by atoms with van der Waals surface area (Å²) in [6.45, 7) is 3.28. The van der Waals surface area contributed by atoms with Crippen LogP contribution in [0, 0.1) is 11.3 Å². The highest BCUT2D eigenvalue weighted by molar-refractivity contribution is 9.10. The summed E-state index contributed by atoms with van der Waals surface area (Å²) in [5.41, 5.74) is 0.675. The number of methoxy groups -OCH3 is 1. The molecule has 0 N–H and O–H groups in total. The van der Waals surface area contributed by atoms with Gasteiger partial charge in [-0.15, -0.1) is 0 Å². The molecule has 0 aromatic heterocycles. The Morgan fingerprint density at radius 1 is 1.30 bits per heavy atom. The molecule has 1 aromatic rings. The van der Waals surface area contributed by atoms with Crippen LogP contribution in [-0.4, -0.2) is 50.2 Å². The summed E-state index contributed by atoms with van der Waals surface area (Å²) in [6.07, 6.45) is 3.44. The molecule has 1 fully saturated rings. The number of nitriles is 1. The minimum absolute atomic E-state index is 0.0643. The van der Waals surface area contributed by atoms with Crippen molar-refractivity contribution in [2.75, 3.05) is 33.4 Å². The van der Waals surface area contributed by atoms with Crippen molar-refractivity contribution in [3.05, 3.63) is 27.7 Å². The number of carbonyl (C=O) groups is 2. The zero-order valence-corrected chi connectivity index (χ0v) is 16.9. The molecule has 1 aliphatic heterocycles. The molecule has 2 rings (SSSR count). The van der Waals surface area contributed by atoms with Crippen LogP contribution >= 0.6 is 15.9 Å². The molecule has 7 nitrogen and oxygen atoms in total. The van der Waals surface area contributed by atoms with Gasteiger partial charge in [-0.25, -0.2) is 4.79 Å². The van der Waals surface area contributed by atoms with Gasteiger partial charge in [-0.3, -0.25) is 4.79 Å². The highest BCUT2D eigenvalue weighted by Gasteiger charge is 2.22. The number of likely N-dealkylation sites (tertiary alicyclic amines) is 1. The van der Waals surface area contributed by atoms with Crippen molar-refractivity contribution in [2.45, 2.75) is 19.8 Å². The number of hydrogen-bond acceptors (Lipinski definition) is 6. The number of amides is 1. The summed E-state index contributed by atoms with van der Waals surface area (Å²) < 4.78 is 16.2. The molecule has 0 radical (unpaired) electrons. The number of hydrogen-bond donors (Lipinski definition) is 0. The van der Waals surface area contributed by atoms with E-state index in [2.05, 4.69) is 20.7 Å². The summed E-state index contributed by atoms with van der Waals surface area (Å²) in [4.78, 5) is 25.5. The molecule has 0 aliphatic carbocycles. The number of benzene rings is 1. The first-order valence-electron chi connectivity index (χ1n) is 8.57. The number of rotatable bonds is 7. The lowest BCUT2D eigenvalue weighted by molar-refractivity contribution is -0.143. The molecule has 1 aliphatic rings. The van der Waals surface area contributed by atoms with Gasteiger partial charge in [0.2, 0.25) is 0 Å². The maximum Gasteiger partial charge on any atom is 0.343 e. The molecule has 0 atom stereocenters. The zero-order chi connectivity index (χ0) is 19.8. The predicted molar refractivity (Wildman–Crippen MR) is 102 cm³/mol. The normalized spacial score (nSPS) is 13.9. The van der Waals surface area contributed by atoms with E-state index < -0.39 is 5.97 Å². The Bertz CT molecular complexity index is 779. The molecule has 144 valence electrons. The number of carbonyl (C=O) groups excluding carboxylic acids is 2. The molecule has 0 unspecified atom stereocenters. The van der Waals surface area contributed by atoms with Crippen LogP contribution in [0.3, 0.4) is 0 Å². The van der Waals surface area contributed by atoms with E-state index in [1.807, 2.05) is 13.0 Å². The highest BCUT2D eigenvalue weighted by Crippen LogP contribution is 2.37. The Labute approximate surface area is 166 Å². The van der Waals surface area contributed by atoms with Gasteiger partial charge in [-0.2, -0.15) is 5.26 Å². The summed E-state index contributed by atoms with van der Waals surface area (Å²) >= 11 is 3.39. The van der Waals surface area contributed by atoms with Crippen molar-refractivity contribution in [3.8, 4) is 17.6 Å². The van der Waals surface area contributed by atoms with Gasteiger partial charge in [-0.05, 0) is 59.5 Å². The molecule has 1 heterocycles. The predicted octanol–water partition coefficient (Wildman–Crippen LogP) is 2.93. The summed E-state index contributed by atoms with van der Waals surface area (Å²) in [7, 11) is 1.28. The largest absolute Gasteiger partial charge is 0.490 e. The van der Waals surface area contributed by atoms with E-state index in [0.29, 0.717) is 41.2 Å². The molecule has 1 aromatic carbocycles. The van der Waals surface area contributed by atoms with Gasteiger partial charge in [0, 0.05) is 13.1 Å². The first-order chi connectivity index (χ1) is 13.0. The number of halogens is 1. The lowest BCUT2D eigenvalue weighted by Crippen LogP contribution is -2.28. The lowest BCUT2D eigenvalue weighted by Gasteiger charge is -2.15. The van der Waals surface area contributed by atoms with Crippen LogP contribution < -0.4 is 9.47 Å². The Balaban J connectivity index is 2.31. The van der Waals surface area contributed by atoms with Gasteiger partial charge >= 0.3 is 5.97 Å². The molecule has 1 amide bonds. The van der Waals surface area contributed by atoms with Gasteiger partial charge in [0.25, 0.3) is 5.91 Å². The van der Waals surface area contributed by atoms with Crippen LogP contribution in [-0.2, 0) is 14.3 Å². The number of ether oxygens (including phenoxy) is 3. The van der Waals surface area contributed by atoms with Crippen molar-refractivity contribution in [3.63, 3.8) is 0 Å². The fraction of sp³-hybridized carbons (Fsp3) is 0.421. The zero-order valence-electron chi connectivity index (χ0n) is 15.3. The average molecular weight is 437 g/mol. The van der Waals surface area contributed by atoms with E-state index >= 15 is 0 Å². The monoisotopic (exact) mass is 436 g/mol. The van der Waals surface area contributed by atoms with Crippen molar-refractivity contribution < 1.29 is 23.8 Å². The second-order valence-corrected chi connectivity index (χ2v) is 6.65. The number of esters is 1. The summed E-state index contributed by atoms with van der Waals surface area (Å²) in [5, 5.41) is 9.40. The van der Waals surface area contributed by atoms with Crippen molar-refractivity contribution in [1.29, 1.82) is 5.26 Å². The third-order valence-electron chi connectivity index (χ3n) is 3.95. The quantitative estimate of drug-likeness (QED) is 0.370. The first kappa shape index (κ1) is 20.8. The topological polar surface area (TPSA) is 88.9 Å². The molecule has 0 bridgehead atoms. The summed E-state index contributed by atoms with van der Waals surface area (Å²) in [6, 6.07) is 5.34. The smallest absolute Gasteiger partial charge is 0.343 e. The highest BCUT2D eigenvalue weighted by atomic mass is 79.9. The van der Waals surface area contributed by atoms with Gasteiger partial charge in [0.15, 0.2) is 18.1 Å². The van der Waals surface area contributed by atoms with E-state index in [1.165, 1.54) is 13.2 Å². The van der Waals surface area contributed by atoms with Crippen LogP contribution in [0.15, 0.2) is 22.2 Å². The van der Waals surface area contributed by atoms with Gasteiger partial charge in [0.05, 0.1) is 18.2 Å². The van der Waals surface area contributed by atoms with Gasteiger partial charge in [0.1, 0.15) is 11.6 Å². The standard InChI is InChI=1S/C19H21BrN2O5/c1-3-26-16-10-13(9-15(20)18(16)27-12-17(23)25-2)8-14(11-21)19(24)22-6-4-5-7-22/h8-10H,3-7,12H2,1-2H3/b14-8+. The van der Waals surface area contributed by atoms with Crippen molar-refractivity contribution in [2.24, 2.45) is 0 Å². The van der Waals surface area contributed by atoms with Crippen LogP contribution in [0.2, 0.25) is 0 Å². The van der Waals surface area contributed by atoms with Gasteiger partial charge in [-0.1, -0.05) is 0 Å². The Hall–Kier alpha value is -2.53. The minimum atomic E-state index is -0.517. The van der Waals surface area contributed by atoms with Crippen molar-refractivity contribution in [1.82, 2.24) is 4.90 Å². The van der Waals surface area contributed by atoms with Crippen LogP contribution in [0.4, 0.5) is 0 Å². The number of nitrogens with zero attached hydrogens (tertiary/aromatic N) is 2. The van der Waals surface area contributed by atoms with E-state index in [4.69, 9.17) is 9.47 Å². The van der Waals surface area contributed by atoms with E-state index in [-0.39, 0.29) is 18.1 Å². The molecule has 1 saturated heterocycles. The van der Waals surface area contributed by atoms with E-state index in [0.717, 1.165) is 12.8 Å². The third-order valence-corrected chi connectivity index (χ3v) is 4.54. The first-order valence-corrected chi connectivity index (χ1v) is 9.36. The lowest BCUT2D eigenvalue weighted by atomic mass is 10.1. The van der Waals surface area contributed by atoms with Crippen LogP contribution in [0.25, 0.3) is 6.08 Å². The Morgan fingerprint density at radius 2 is 2.00 bits per heavy atom. The molecule has 8 heteroatoms. The van der Waals surface area contributed by atoms with Crippen LogP contribution in [0.1, 0.15) is 25.3 Å². The van der Waals surface area contributed by atoms with E-state index in [1.54, 1.807) is 17.0 Å². The Kier molecular flexibility index (Phi) is 7.67. The minimum Gasteiger partial charge on any atom is -0.490 e. The molecule has 0 saturated carbocycles. The Morgan fingerprint density at radius 3 is 2.59 bits per heavy atom. The summed E-state index contributed by atoms with van der Waals surface area (Å²) in [5.74, 6) is -0.0388. The van der Waals surface area contributed by atoms with Crippen LogP contribution in [0.5, 0.6) is 11.5 Å².